The Morgan fingerprint density at radius 2 is 1.21 bits per heavy atom. The van der Waals surface area contributed by atoms with Gasteiger partial charge in [0.25, 0.3) is 8.32 Å². The van der Waals surface area contributed by atoms with Crippen LogP contribution in [0.2, 0.25) is 24.7 Å². The van der Waals surface area contributed by atoms with E-state index in [1.165, 1.54) is 17.3 Å². The minimum absolute atomic E-state index is 0.164. The van der Waals surface area contributed by atoms with E-state index in [4.69, 9.17) is 32.5 Å². The van der Waals surface area contributed by atoms with E-state index in [0.717, 1.165) is 16.7 Å². The van der Waals surface area contributed by atoms with Crippen LogP contribution in [0.1, 0.15) is 44.4 Å². The maximum Gasteiger partial charge on any atom is 0.303 e. The van der Waals surface area contributed by atoms with Gasteiger partial charge in [0.15, 0.2) is 14.4 Å². The minimum atomic E-state index is -2.89. The van der Waals surface area contributed by atoms with Gasteiger partial charge in [0, 0.05) is 12.8 Å². The van der Waals surface area contributed by atoms with E-state index in [0.29, 0.717) is 19.8 Å². The highest BCUT2D eigenvalue weighted by atomic mass is 28.4. The molecule has 0 aliphatic carbocycles. The van der Waals surface area contributed by atoms with Crippen LogP contribution < -0.4 is 10.4 Å². The van der Waals surface area contributed by atoms with Gasteiger partial charge < -0.3 is 32.5 Å². The largest absolute Gasteiger partial charge is 0.452 e. The molecule has 1 saturated heterocycles. The zero-order valence-electron chi connectivity index (χ0n) is 37.4. The summed E-state index contributed by atoms with van der Waals surface area (Å²) in [6, 6.07) is 51.2. The van der Waals surface area contributed by atoms with Gasteiger partial charge in [-0.1, -0.05) is 179 Å². The third-order valence-corrected chi connectivity index (χ3v) is 17.0. The molecule has 0 unspecified atom stereocenters. The van der Waals surface area contributed by atoms with Gasteiger partial charge in [-0.2, -0.15) is 0 Å². The molecule has 328 valence electrons. The Labute approximate surface area is 371 Å². The second kappa shape index (κ2) is 21.7. The minimum Gasteiger partial charge on any atom is -0.452 e. The van der Waals surface area contributed by atoms with E-state index in [1.54, 1.807) is 0 Å². The zero-order chi connectivity index (χ0) is 44.1. The fourth-order valence-electron chi connectivity index (χ4n) is 8.22. The highest BCUT2D eigenvalue weighted by molar-refractivity contribution is 6.99. The smallest absolute Gasteiger partial charge is 0.303 e. The van der Waals surface area contributed by atoms with Gasteiger partial charge in [-0.3, -0.25) is 4.79 Å². The van der Waals surface area contributed by atoms with Gasteiger partial charge >= 0.3 is 5.97 Å². The van der Waals surface area contributed by atoms with Crippen LogP contribution in [0.15, 0.2) is 164 Å². The monoisotopic (exact) mass is 872 g/mol. The molecule has 8 nitrogen and oxygen atoms in total. The third-order valence-electron chi connectivity index (χ3n) is 11.0. The summed E-state index contributed by atoms with van der Waals surface area (Å²) in [4.78, 5) is 13.3. The highest BCUT2D eigenvalue weighted by Gasteiger charge is 2.60. The Kier molecular flexibility index (Phi) is 16.5. The summed E-state index contributed by atoms with van der Waals surface area (Å²) in [6.45, 7) is 16.2. The number of benzene rings is 5. The summed E-state index contributed by atoms with van der Waals surface area (Å²) in [5.41, 5.74) is 3.02. The molecule has 1 fully saturated rings. The van der Waals surface area contributed by atoms with E-state index in [-0.39, 0.29) is 30.8 Å². The molecule has 0 N–H and O–H groups in total. The maximum absolute atomic E-state index is 13.3. The molecule has 6 rings (SSSR count). The van der Waals surface area contributed by atoms with Crippen molar-refractivity contribution in [3.05, 3.63) is 181 Å². The quantitative estimate of drug-likeness (QED) is 0.0435. The predicted molar refractivity (Wildman–Crippen MR) is 251 cm³/mol. The predicted octanol–water partition coefficient (Wildman–Crippen LogP) is 9.63. The standard InChI is InChI=1S/C52H64O8Si2/c1-41(53)59-48(34-23-35-58-62(51(2,3)4,46-30-19-11-20-31-46)47-32-21-12-22-33-47)52(56-38-44-28-17-10-18-29-44)50(60-61(5,6)7)49(55-37-43-26-15-9-16-27-43)45(40-57-52)39-54-36-42-24-13-8-14-25-42/h8-34,45,48-50H,35-40H2,1-7H3/b34-23+/t45-,48+,49-,50-,52-/m1/s1. The van der Waals surface area contributed by atoms with Crippen molar-refractivity contribution in [1.29, 1.82) is 0 Å². The first kappa shape index (κ1) is 47.0. The second-order valence-corrected chi connectivity index (χ2v) is 26.7. The Bertz CT molecular complexity index is 2070. The number of carbonyl (C=O) groups excluding carboxylic acids is 1. The first-order valence-corrected chi connectivity index (χ1v) is 27.0. The van der Waals surface area contributed by atoms with Crippen LogP contribution in [0.25, 0.3) is 0 Å². The molecule has 1 heterocycles. The van der Waals surface area contributed by atoms with Crippen LogP contribution >= 0.6 is 0 Å². The van der Waals surface area contributed by atoms with Gasteiger partial charge in [-0.25, -0.2) is 0 Å². The summed E-state index contributed by atoms with van der Waals surface area (Å²) < 4.78 is 48.3. The molecule has 0 amide bonds. The molecule has 5 aromatic carbocycles. The Morgan fingerprint density at radius 1 is 0.726 bits per heavy atom. The van der Waals surface area contributed by atoms with Crippen molar-refractivity contribution in [1.82, 2.24) is 0 Å². The molecule has 0 aromatic heterocycles. The molecule has 1 aliphatic rings. The van der Waals surface area contributed by atoms with Gasteiger partial charge in [0.05, 0.1) is 45.7 Å². The lowest BCUT2D eigenvalue weighted by molar-refractivity contribution is -0.363. The fourth-order valence-corrected chi connectivity index (χ4v) is 13.8. The number of ether oxygens (including phenoxy) is 5. The number of hydrogen-bond donors (Lipinski definition) is 0. The molecule has 0 saturated carbocycles. The molecule has 0 spiro atoms. The number of hydrogen-bond acceptors (Lipinski definition) is 8. The van der Waals surface area contributed by atoms with Crippen LogP contribution in [0, 0.1) is 5.92 Å². The van der Waals surface area contributed by atoms with E-state index in [2.05, 4.69) is 88.9 Å². The van der Waals surface area contributed by atoms with Crippen LogP contribution in [0.4, 0.5) is 0 Å². The summed E-state index contributed by atoms with van der Waals surface area (Å²) in [5, 5.41) is 2.11. The van der Waals surface area contributed by atoms with Crippen molar-refractivity contribution in [3.63, 3.8) is 0 Å². The molecule has 0 bridgehead atoms. The first-order valence-electron chi connectivity index (χ1n) is 21.7. The first-order chi connectivity index (χ1) is 29.8. The molecule has 1 aliphatic heterocycles. The summed E-state index contributed by atoms with van der Waals surface area (Å²) in [7, 11) is -5.31. The van der Waals surface area contributed by atoms with E-state index in [1.807, 2.05) is 115 Å². The van der Waals surface area contributed by atoms with Crippen LogP contribution in [0.5, 0.6) is 0 Å². The molecule has 62 heavy (non-hydrogen) atoms. The van der Waals surface area contributed by atoms with Gasteiger partial charge in [-0.15, -0.1) is 0 Å². The summed E-state index contributed by atoms with van der Waals surface area (Å²) in [5.74, 6) is -2.37. The van der Waals surface area contributed by atoms with E-state index >= 15 is 0 Å². The lowest BCUT2D eigenvalue weighted by Crippen LogP contribution is -2.69. The highest BCUT2D eigenvalue weighted by Crippen LogP contribution is 2.42. The number of carbonyl (C=O) groups is 1. The SMILES string of the molecule is CC(=O)O[C@@H](/C=C/CO[Si](c1ccccc1)(c1ccccc1)C(C)(C)C)[C@@]1(OCc2ccccc2)OC[C@@H](COCc2ccccc2)[C@@H](OCc2ccccc2)[C@H]1O[Si](C)(C)C. The third kappa shape index (κ3) is 12.1. The lowest BCUT2D eigenvalue weighted by Gasteiger charge is -2.52. The van der Waals surface area contributed by atoms with Crippen molar-refractivity contribution in [2.45, 2.75) is 96.3 Å². The second-order valence-electron chi connectivity index (χ2n) is 17.9. The number of esters is 1. The molecule has 5 aromatic rings. The normalized spacial score (nSPS) is 20.2. The zero-order valence-corrected chi connectivity index (χ0v) is 39.4. The molecule has 0 radical (unpaired) electrons. The van der Waals surface area contributed by atoms with Crippen LogP contribution in [-0.4, -0.2) is 66.5 Å². The van der Waals surface area contributed by atoms with Crippen molar-refractivity contribution < 1.29 is 37.3 Å². The average molecular weight is 873 g/mol. The van der Waals surface area contributed by atoms with Crippen molar-refractivity contribution in [3.8, 4) is 0 Å². The molecule has 5 atom stereocenters. The lowest BCUT2D eigenvalue weighted by atomic mass is 9.86. The Hall–Kier alpha value is -4.50. The molecular formula is C52H64O8Si2. The van der Waals surface area contributed by atoms with Crippen LogP contribution in [0.3, 0.4) is 0 Å². The van der Waals surface area contributed by atoms with E-state index in [9.17, 15) is 4.79 Å². The maximum atomic E-state index is 13.3. The number of rotatable bonds is 20. The average Bonchev–Trinajstić information content (AvgIpc) is 3.26. The van der Waals surface area contributed by atoms with Gasteiger partial charge in [0.2, 0.25) is 5.79 Å². The summed E-state index contributed by atoms with van der Waals surface area (Å²) in [6.07, 6.45) is 1.31. The fraction of sp³-hybridized carbons (Fsp3) is 0.365. The molecular weight excluding hydrogens is 809 g/mol. The topological polar surface area (TPSA) is 81.7 Å². The Balaban J connectivity index is 1.41. The molecule has 10 heteroatoms. The van der Waals surface area contributed by atoms with Crippen molar-refractivity contribution >= 4 is 33.0 Å². The van der Waals surface area contributed by atoms with Crippen LogP contribution in [-0.2, 0) is 57.2 Å². The van der Waals surface area contributed by atoms with Crippen molar-refractivity contribution in [2.75, 3.05) is 19.8 Å². The van der Waals surface area contributed by atoms with Gasteiger partial charge in [0.1, 0.15) is 6.10 Å². The van der Waals surface area contributed by atoms with Gasteiger partial charge in [-0.05, 0) is 57.8 Å². The summed E-state index contributed by atoms with van der Waals surface area (Å²) >= 11 is 0. The van der Waals surface area contributed by atoms with E-state index < -0.39 is 46.7 Å². The van der Waals surface area contributed by atoms with Crippen molar-refractivity contribution in [2.24, 2.45) is 5.92 Å². The Morgan fingerprint density at radius 3 is 1.69 bits per heavy atom.